The SMILES string of the molecule is NC(=O)c1ccc(C2(CC(=O)O)CC2)cc1. The molecule has 16 heavy (non-hydrogen) atoms. The molecule has 4 nitrogen and oxygen atoms in total. The van der Waals surface area contributed by atoms with Gasteiger partial charge in [0.05, 0.1) is 6.42 Å². The number of benzene rings is 1. The van der Waals surface area contributed by atoms with E-state index in [1.165, 1.54) is 0 Å². The van der Waals surface area contributed by atoms with Crippen molar-refractivity contribution in [1.29, 1.82) is 0 Å². The highest BCUT2D eigenvalue weighted by Gasteiger charge is 2.45. The minimum absolute atomic E-state index is 0.156. The third-order valence-corrected chi connectivity index (χ3v) is 3.12. The fourth-order valence-electron chi connectivity index (χ4n) is 2.00. The Labute approximate surface area is 93.1 Å². The Morgan fingerprint density at radius 1 is 1.25 bits per heavy atom. The largest absolute Gasteiger partial charge is 0.481 e. The lowest BCUT2D eigenvalue weighted by atomic mass is 9.92. The van der Waals surface area contributed by atoms with Gasteiger partial charge < -0.3 is 10.8 Å². The lowest BCUT2D eigenvalue weighted by Crippen LogP contribution is -2.14. The molecule has 0 radical (unpaired) electrons. The van der Waals surface area contributed by atoms with Gasteiger partial charge in [0.25, 0.3) is 0 Å². The Hall–Kier alpha value is -1.84. The van der Waals surface area contributed by atoms with E-state index in [4.69, 9.17) is 10.8 Å². The topological polar surface area (TPSA) is 80.4 Å². The lowest BCUT2D eigenvalue weighted by molar-refractivity contribution is -0.137. The first-order valence-corrected chi connectivity index (χ1v) is 5.16. The van der Waals surface area contributed by atoms with Gasteiger partial charge in [-0.15, -0.1) is 0 Å². The molecular formula is C12H13NO3. The number of carboxylic acid groups (broad SMARTS) is 1. The molecule has 0 aliphatic heterocycles. The maximum Gasteiger partial charge on any atom is 0.304 e. The van der Waals surface area contributed by atoms with Crippen LogP contribution in [0.25, 0.3) is 0 Å². The van der Waals surface area contributed by atoms with Gasteiger partial charge in [0, 0.05) is 11.0 Å². The Morgan fingerprint density at radius 3 is 2.19 bits per heavy atom. The predicted octanol–water partition coefficient (Wildman–Crippen LogP) is 1.29. The summed E-state index contributed by atoms with van der Waals surface area (Å²) in [5, 5.41) is 8.82. The van der Waals surface area contributed by atoms with E-state index in [2.05, 4.69) is 0 Å². The standard InChI is InChI=1S/C12H13NO3/c13-11(16)8-1-3-9(4-2-8)12(5-6-12)7-10(14)15/h1-4H,5-7H2,(H2,13,16)(H,14,15). The Bertz CT molecular complexity index is 432. The molecular weight excluding hydrogens is 206 g/mol. The normalized spacial score (nSPS) is 16.8. The van der Waals surface area contributed by atoms with Gasteiger partial charge in [-0.2, -0.15) is 0 Å². The first-order valence-electron chi connectivity index (χ1n) is 5.16. The van der Waals surface area contributed by atoms with E-state index in [-0.39, 0.29) is 11.8 Å². The van der Waals surface area contributed by atoms with Gasteiger partial charge in [0.15, 0.2) is 0 Å². The molecule has 0 spiro atoms. The quantitative estimate of drug-likeness (QED) is 0.800. The van der Waals surface area contributed by atoms with Crippen LogP contribution in [0.3, 0.4) is 0 Å². The maximum atomic E-state index is 10.9. The van der Waals surface area contributed by atoms with Crippen LogP contribution < -0.4 is 5.73 Å². The zero-order chi connectivity index (χ0) is 11.8. The number of hydrogen-bond acceptors (Lipinski definition) is 2. The first kappa shape index (κ1) is 10.7. The summed E-state index contributed by atoms with van der Waals surface area (Å²) in [6, 6.07) is 6.91. The van der Waals surface area contributed by atoms with Gasteiger partial charge >= 0.3 is 5.97 Å². The molecule has 1 aromatic carbocycles. The molecule has 0 atom stereocenters. The van der Waals surface area contributed by atoms with E-state index in [9.17, 15) is 9.59 Å². The second-order valence-corrected chi connectivity index (χ2v) is 4.29. The molecule has 3 N–H and O–H groups in total. The first-order chi connectivity index (χ1) is 7.53. The molecule has 1 aromatic rings. The monoisotopic (exact) mass is 219 g/mol. The molecule has 0 saturated heterocycles. The lowest BCUT2D eigenvalue weighted by Gasteiger charge is -2.12. The van der Waals surface area contributed by atoms with Crippen LogP contribution in [0.4, 0.5) is 0 Å². The van der Waals surface area contributed by atoms with Crippen molar-refractivity contribution in [2.24, 2.45) is 5.73 Å². The average molecular weight is 219 g/mol. The molecule has 0 unspecified atom stereocenters. The molecule has 0 aromatic heterocycles. The van der Waals surface area contributed by atoms with Gasteiger partial charge in [-0.25, -0.2) is 0 Å². The van der Waals surface area contributed by atoms with E-state index in [0.717, 1.165) is 18.4 Å². The number of carboxylic acids is 1. The third kappa shape index (κ3) is 1.91. The molecule has 1 aliphatic rings. The second-order valence-electron chi connectivity index (χ2n) is 4.29. The maximum absolute atomic E-state index is 10.9. The predicted molar refractivity (Wildman–Crippen MR) is 58.1 cm³/mol. The van der Waals surface area contributed by atoms with Gasteiger partial charge in [-0.1, -0.05) is 12.1 Å². The average Bonchev–Trinajstić information content (AvgIpc) is 2.98. The number of primary amides is 1. The number of hydrogen-bond donors (Lipinski definition) is 2. The van der Waals surface area contributed by atoms with Crippen molar-refractivity contribution < 1.29 is 14.7 Å². The van der Waals surface area contributed by atoms with Crippen molar-refractivity contribution in [1.82, 2.24) is 0 Å². The van der Waals surface area contributed by atoms with Crippen LogP contribution in [0.2, 0.25) is 0 Å². The minimum atomic E-state index is -0.781. The minimum Gasteiger partial charge on any atom is -0.481 e. The fourth-order valence-corrected chi connectivity index (χ4v) is 2.00. The molecule has 1 fully saturated rings. The molecule has 0 heterocycles. The Balaban J connectivity index is 2.22. The van der Waals surface area contributed by atoms with Gasteiger partial charge in [-0.3, -0.25) is 9.59 Å². The molecule has 0 bridgehead atoms. The van der Waals surface area contributed by atoms with E-state index in [1.807, 2.05) is 0 Å². The number of nitrogens with two attached hydrogens (primary N) is 1. The van der Waals surface area contributed by atoms with Crippen LogP contribution in [-0.2, 0) is 10.2 Å². The van der Waals surface area contributed by atoms with Crippen LogP contribution in [0.15, 0.2) is 24.3 Å². The third-order valence-electron chi connectivity index (χ3n) is 3.12. The Kier molecular flexibility index (Phi) is 2.42. The summed E-state index contributed by atoms with van der Waals surface area (Å²) in [7, 11) is 0. The Morgan fingerprint density at radius 2 is 1.81 bits per heavy atom. The summed E-state index contributed by atoms with van der Waals surface area (Å²) in [5.41, 5.74) is 6.37. The van der Waals surface area contributed by atoms with Gasteiger partial charge in [0.1, 0.15) is 0 Å². The fraction of sp³-hybridized carbons (Fsp3) is 0.333. The van der Waals surface area contributed by atoms with Gasteiger partial charge in [0.2, 0.25) is 5.91 Å². The molecule has 2 rings (SSSR count). The molecule has 4 heteroatoms. The van der Waals surface area contributed by atoms with Crippen molar-refractivity contribution in [2.45, 2.75) is 24.7 Å². The van der Waals surface area contributed by atoms with E-state index in [1.54, 1.807) is 24.3 Å². The zero-order valence-electron chi connectivity index (χ0n) is 8.77. The van der Waals surface area contributed by atoms with Crippen LogP contribution >= 0.6 is 0 Å². The number of rotatable bonds is 4. The summed E-state index contributed by atoms with van der Waals surface area (Å²) < 4.78 is 0. The van der Waals surface area contributed by atoms with E-state index < -0.39 is 11.9 Å². The zero-order valence-corrected chi connectivity index (χ0v) is 8.77. The summed E-state index contributed by atoms with van der Waals surface area (Å²) in [4.78, 5) is 21.6. The van der Waals surface area contributed by atoms with Crippen molar-refractivity contribution in [2.75, 3.05) is 0 Å². The number of carbonyl (C=O) groups is 2. The second kappa shape index (κ2) is 3.63. The smallest absolute Gasteiger partial charge is 0.304 e. The van der Waals surface area contributed by atoms with E-state index in [0.29, 0.717) is 5.56 Å². The molecule has 1 saturated carbocycles. The molecule has 84 valence electrons. The number of amides is 1. The molecule has 1 aliphatic carbocycles. The molecule has 1 amide bonds. The van der Waals surface area contributed by atoms with Crippen LogP contribution in [-0.4, -0.2) is 17.0 Å². The van der Waals surface area contributed by atoms with Crippen LogP contribution in [0.5, 0.6) is 0 Å². The highest BCUT2D eigenvalue weighted by molar-refractivity contribution is 5.92. The number of carbonyl (C=O) groups excluding carboxylic acids is 1. The van der Waals surface area contributed by atoms with Crippen molar-refractivity contribution in [3.05, 3.63) is 35.4 Å². The highest BCUT2D eigenvalue weighted by atomic mass is 16.4. The van der Waals surface area contributed by atoms with Crippen molar-refractivity contribution in [3.8, 4) is 0 Å². The van der Waals surface area contributed by atoms with Crippen molar-refractivity contribution in [3.63, 3.8) is 0 Å². The summed E-state index contributed by atoms with van der Waals surface area (Å²) in [6.45, 7) is 0. The van der Waals surface area contributed by atoms with Crippen LogP contribution in [0.1, 0.15) is 35.2 Å². The summed E-state index contributed by atoms with van der Waals surface area (Å²) in [5.74, 6) is -1.24. The summed E-state index contributed by atoms with van der Waals surface area (Å²) >= 11 is 0. The van der Waals surface area contributed by atoms with Crippen molar-refractivity contribution >= 4 is 11.9 Å². The van der Waals surface area contributed by atoms with E-state index >= 15 is 0 Å². The van der Waals surface area contributed by atoms with Gasteiger partial charge in [-0.05, 0) is 30.5 Å². The highest BCUT2D eigenvalue weighted by Crippen LogP contribution is 2.50. The summed E-state index contributed by atoms with van der Waals surface area (Å²) in [6.07, 6.45) is 1.95. The van der Waals surface area contributed by atoms with Crippen LogP contribution in [0, 0.1) is 0 Å². The number of aliphatic carboxylic acids is 1.